The molecule has 1 unspecified atom stereocenters. The van der Waals surface area contributed by atoms with Gasteiger partial charge in [0.25, 0.3) is 0 Å². The van der Waals surface area contributed by atoms with Gasteiger partial charge in [0.15, 0.2) is 0 Å². The number of hydrogen-bond acceptors (Lipinski definition) is 0. The minimum Gasteiger partial charge on any atom is -0.0654 e. The van der Waals surface area contributed by atoms with Crippen molar-refractivity contribution in [2.75, 3.05) is 0 Å². The summed E-state index contributed by atoms with van der Waals surface area (Å²) >= 11 is 0. The first-order chi connectivity index (χ1) is 3.85. The van der Waals surface area contributed by atoms with Crippen LogP contribution in [0.5, 0.6) is 0 Å². The van der Waals surface area contributed by atoms with Crippen LogP contribution >= 0.6 is 0 Å². The average molecular weight is 113 g/mol. The van der Waals surface area contributed by atoms with E-state index in [2.05, 4.69) is 27.2 Å². The Labute approximate surface area is 53.3 Å². The molecule has 0 rings (SSSR count). The fourth-order valence-corrected chi connectivity index (χ4v) is 0.977. The van der Waals surface area contributed by atoms with E-state index in [-0.39, 0.29) is 0 Å². The zero-order valence-electron chi connectivity index (χ0n) is 6.28. The van der Waals surface area contributed by atoms with Crippen LogP contribution in [0.2, 0.25) is 0 Å². The maximum atomic E-state index is 2.31. The van der Waals surface area contributed by atoms with Gasteiger partial charge >= 0.3 is 0 Å². The second kappa shape index (κ2) is 5.14. The van der Waals surface area contributed by atoms with Gasteiger partial charge in [-0.3, -0.25) is 0 Å². The van der Waals surface area contributed by atoms with Crippen LogP contribution in [0.15, 0.2) is 0 Å². The maximum Gasteiger partial charge on any atom is -0.0386 e. The highest BCUT2D eigenvalue weighted by Crippen LogP contribution is 2.12. The van der Waals surface area contributed by atoms with Gasteiger partial charge in [-0.1, -0.05) is 40.0 Å². The Bertz CT molecular complexity index is 35.3. The normalized spacial score (nSPS) is 10.5. The van der Waals surface area contributed by atoms with E-state index in [9.17, 15) is 0 Å². The van der Waals surface area contributed by atoms with Crippen molar-refractivity contribution >= 4 is 0 Å². The third kappa shape index (κ3) is 3.06. The molecule has 0 aliphatic rings. The van der Waals surface area contributed by atoms with Crippen molar-refractivity contribution < 1.29 is 0 Å². The summed E-state index contributed by atoms with van der Waals surface area (Å²) in [6, 6.07) is 0. The molecule has 0 aromatic rings. The van der Waals surface area contributed by atoms with Crippen LogP contribution < -0.4 is 0 Å². The van der Waals surface area contributed by atoms with Gasteiger partial charge in [0.05, 0.1) is 0 Å². The average Bonchev–Trinajstić information content (AvgIpc) is 1.83. The van der Waals surface area contributed by atoms with Gasteiger partial charge < -0.3 is 0 Å². The Hall–Kier alpha value is 0. The standard InChI is InChI=1S/C8H17/c1-4-7-8(5-2)6-3/h5,8H,4,6-7H2,1-3H3. The fraction of sp³-hybridized carbons (Fsp3) is 0.875. The summed E-state index contributed by atoms with van der Waals surface area (Å²) < 4.78 is 0. The third-order valence-corrected chi connectivity index (χ3v) is 1.66. The van der Waals surface area contributed by atoms with E-state index in [4.69, 9.17) is 0 Å². The second-order valence-corrected chi connectivity index (χ2v) is 2.29. The Kier molecular flexibility index (Phi) is 5.14. The van der Waals surface area contributed by atoms with Crippen molar-refractivity contribution in [1.82, 2.24) is 0 Å². The van der Waals surface area contributed by atoms with Crippen LogP contribution in [-0.4, -0.2) is 0 Å². The molecular weight excluding hydrogens is 96.1 g/mol. The lowest BCUT2D eigenvalue weighted by molar-refractivity contribution is 0.529. The first-order valence-corrected chi connectivity index (χ1v) is 3.64. The molecule has 0 saturated carbocycles. The monoisotopic (exact) mass is 113 g/mol. The van der Waals surface area contributed by atoms with Crippen LogP contribution in [0.3, 0.4) is 0 Å². The Morgan fingerprint density at radius 3 is 2.12 bits per heavy atom. The Morgan fingerprint density at radius 1 is 1.38 bits per heavy atom. The molecule has 1 radical (unpaired) electrons. The van der Waals surface area contributed by atoms with E-state index in [0.29, 0.717) is 0 Å². The van der Waals surface area contributed by atoms with Crippen LogP contribution in [0, 0.1) is 12.3 Å². The van der Waals surface area contributed by atoms with Gasteiger partial charge in [0.1, 0.15) is 0 Å². The second-order valence-electron chi connectivity index (χ2n) is 2.29. The predicted octanol–water partition coefficient (Wildman–Crippen LogP) is 3.04. The zero-order chi connectivity index (χ0) is 6.41. The summed E-state index contributed by atoms with van der Waals surface area (Å²) in [5.41, 5.74) is 0. The topological polar surface area (TPSA) is 0 Å². The van der Waals surface area contributed by atoms with E-state index in [0.717, 1.165) is 5.92 Å². The van der Waals surface area contributed by atoms with Gasteiger partial charge in [-0.05, 0) is 12.3 Å². The van der Waals surface area contributed by atoms with Crippen LogP contribution in [0.25, 0.3) is 0 Å². The summed E-state index contributed by atoms with van der Waals surface area (Å²) in [7, 11) is 0. The first kappa shape index (κ1) is 8.00. The smallest absolute Gasteiger partial charge is 0.0386 e. The van der Waals surface area contributed by atoms with Crippen LogP contribution in [0.4, 0.5) is 0 Å². The van der Waals surface area contributed by atoms with Gasteiger partial charge in [0.2, 0.25) is 0 Å². The van der Waals surface area contributed by atoms with Gasteiger partial charge in [-0.2, -0.15) is 0 Å². The number of hydrogen-bond donors (Lipinski definition) is 0. The third-order valence-electron chi connectivity index (χ3n) is 1.66. The molecule has 49 valence electrons. The first-order valence-electron chi connectivity index (χ1n) is 3.64. The molecule has 0 aromatic carbocycles. The molecule has 0 fully saturated rings. The molecule has 1 atom stereocenters. The molecule has 0 heteroatoms. The molecule has 0 saturated heterocycles. The molecule has 0 bridgehead atoms. The molecule has 0 spiro atoms. The molecule has 0 N–H and O–H groups in total. The summed E-state index contributed by atoms with van der Waals surface area (Å²) in [5, 5.41) is 0. The van der Waals surface area contributed by atoms with Crippen molar-refractivity contribution in [3.05, 3.63) is 6.42 Å². The van der Waals surface area contributed by atoms with Crippen molar-refractivity contribution in [1.29, 1.82) is 0 Å². The Morgan fingerprint density at radius 2 is 2.00 bits per heavy atom. The molecule has 0 amide bonds. The lowest BCUT2D eigenvalue weighted by atomic mass is 9.98. The van der Waals surface area contributed by atoms with Crippen molar-refractivity contribution in [2.45, 2.75) is 40.0 Å². The van der Waals surface area contributed by atoms with Crippen LogP contribution in [-0.2, 0) is 0 Å². The van der Waals surface area contributed by atoms with Crippen molar-refractivity contribution in [2.24, 2.45) is 5.92 Å². The van der Waals surface area contributed by atoms with E-state index in [1.807, 2.05) is 0 Å². The van der Waals surface area contributed by atoms with E-state index >= 15 is 0 Å². The molecule has 0 heterocycles. The largest absolute Gasteiger partial charge is 0.0654 e. The molecule has 0 aliphatic carbocycles. The lowest BCUT2D eigenvalue weighted by Crippen LogP contribution is -1.95. The van der Waals surface area contributed by atoms with Gasteiger partial charge in [0, 0.05) is 0 Å². The molecular formula is C8H17. The quantitative estimate of drug-likeness (QED) is 0.525. The van der Waals surface area contributed by atoms with E-state index in [1.165, 1.54) is 19.3 Å². The minimum absolute atomic E-state index is 0.875. The number of rotatable bonds is 4. The van der Waals surface area contributed by atoms with Crippen molar-refractivity contribution in [3.8, 4) is 0 Å². The summed E-state index contributed by atoms with van der Waals surface area (Å²) in [6.07, 6.45) is 6.31. The fourth-order valence-electron chi connectivity index (χ4n) is 0.977. The zero-order valence-corrected chi connectivity index (χ0v) is 6.28. The predicted molar refractivity (Wildman–Crippen MR) is 38.7 cm³/mol. The summed E-state index contributed by atoms with van der Waals surface area (Å²) in [6.45, 7) is 6.65. The van der Waals surface area contributed by atoms with E-state index < -0.39 is 0 Å². The summed E-state index contributed by atoms with van der Waals surface area (Å²) in [5.74, 6) is 0.875. The van der Waals surface area contributed by atoms with Crippen molar-refractivity contribution in [3.63, 3.8) is 0 Å². The SMILES string of the molecule is C[CH]C(CC)CCC. The van der Waals surface area contributed by atoms with Gasteiger partial charge in [-0.25, -0.2) is 0 Å². The molecule has 0 nitrogen and oxygen atoms in total. The highest BCUT2D eigenvalue weighted by atomic mass is 14.0. The molecule has 0 aromatic heterocycles. The highest BCUT2D eigenvalue weighted by molar-refractivity contribution is 4.68. The van der Waals surface area contributed by atoms with E-state index in [1.54, 1.807) is 0 Å². The molecule has 8 heavy (non-hydrogen) atoms. The lowest BCUT2D eigenvalue weighted by Gasteiger charge is -2.07. The van der Waals surface area contributed by atoms with Crippen LogP contribution in [0.1, 0.15) is 40.0 Å². The maximum absolute atomic E-state index is 2.31. The molecule has 0 aliphatic heterocycles. The van der Waals surface area contributed by atoms with Gasteiger partial charge in [-0.15, -0.1) is 0 Å². The highest BCUT2D eigenvalue weighted by Gasteiger charge is 1.99. The minimum atomic E-state index is 0.875. The summed E-state index contributed by atoms with van der Waals surface area (Å²) in [4.78, 5) is 0. The Balaban J connectivity index is 3.07.